The highest BCUT2D eigenvalue weighted by atomic mass is 35.5. The first-order valence-electron chi connectivity index (χ1n) is 6.70. The van der Waals surface area contributed by atoms with Crippen LogP contribution in [0.2, 0.25) is 5.15 Å². The van der Waals surface area contributed by atoms with Gasteiger partial charge >= 0.3 is 0 Å². The summed E-state index contributed by atoms with van der Waals surface area (Å²) in [5.74, 6) is 0. The van der Waals surface area contributed by atoms with Crippen LogP contribution < -0.4 is 5.43 Å². The summed E-state index contributed by atoms with van der Waals surface area (Å²) < 4.78 is 1.92. The van der Waals surface area contributed by atoms with Gasteiger partial charge in [-0.1, -0.05) is 41.9 Å². The third-order valence-corrected chi connectivity index (χ3v) is 4.42. The second kappa shape index (κ2) is 5.44. The molecule has 0 amide bonds. The van der Waals surface area contributed by atoms with Gasteiger partial charge in [0.25, 0.3) is 0 Å². The van der Waals surface area contributed by atoms with Gasteiger partial charge in [0.05, 0.1) is 11.9 Å². The number of halogens is 1. The first-order valence-corrected chi connectivity index (χ1v) is 7.96. The summed E-state index contributed by atoms with van der Waals surface area (Å²) in [6, 6.07) is 14.3. The van der Waals surface area contributed by atoms with E-state index < -0.39 is 0 Å². The molecule has 0 spiro atoms. The summed E-state index contributed by atoms with van der Waals surface area (Å²) in [6.45, 7) is 0. The number of fused-ring (bicyclic) bond motifs is 2. The summed E-state index contributed by atoms with van der Waals surface area (Å²) in [4.78, 5) is 5.13. The molecule has 4 rings (SSSR count). The molecule has 108 valence electrons. The third-order valence-electron chi connectivity index (χ3n) is 3.38. The lowest BCUT2D eigenvalue weighted by atomic mass is 10.1. The molecule has 6 heteroatoms. The Kier molecular flexibility index (Phi) is 3.29. The third kappa shape index (κ3) is 2.34. The zero-order valence-corrected chi connectivity index (χ0v) is 13.0. The fraction of sp³-hybridized carbons (Fsp3) is 0. The van der Waals surface area contributed by atoms with Gasteiger partial charge in [-0.15, -0.1) is 11.3 Å². The highest BCUT2D eigenvalue weighted by Crippen LogP contribution is 2.21. The van der Waals surface area contributed by atoms with E-state index in [0.29, 0.717) is 5.15 Å². The number of rotatable bonds is 3. The van der Waals surface area contributed by atoms with E-state index in [2.05, 4.69) is 39.8 Å². The zero-order valence-electron chi connectivity index (χ0n) is 11.4. The maximum atomic E-state index is 6.12. The van der Waals surface area contributed by atoms with Crippen molar-refractivity contribution >= 4 is 50.6 Å². The molecule has 0 radical (unpaired) electrons. The lowest BCUT2D eigenvalue weighted by molar-refractivity contribution is 1.21. The fourth-order valence-corrected chi connectivity index (χ4v) is 3.31. The van der Waals surface area contributed by atoms with Crippen molar-refractivity contribution in [1.29, 1.82) is 0 Å². The predicted molar refractivity (Wildman–Crippen MR) is 93.2 cm³/mol. The lowest BCUT2D eigenvalue weighted by Crippen LogP contribution is -1.93. The number of hydrogen-bond acceptors (Lipinski definition) is 4. The molecular weight excluding hydrogens is 316 g/mol. The molecule has 22 heavy (non-hydrogen) atoms. The van der Waals surface area contributed by atoms with Gasteiger partial charge in [-0.3, -0.25) is 9.83 Å². The summed E-state index contributed by atoms with van der Waals surface area (Å²) in [6.07, 6.45) is 3.61. The highest BCUT2D eigenvalue weighted by molar-refractivity contribution is 7.15. The maximum absolute atomic E-state index is 6.12. The quantitative estimate of drug-likeness (QED) is 0.440. The molecule has 4 nitrogen and oxygen atoms in total. The normalized spacial score (nSPS) is 11.7. The topological polar surface area (TPSA) is 41.7 Å². The molecule has 0 saturated carbocycles. The number of anilines is 1. The van der Waals surface area contributed by atoms with Crippen molar-refractivity contribution in [3.63, 3.8) is 0 Å². The van der Waals surface area contributed by atoms with E-state index in [1.54, 1.807) is 6.21 Å². The van der Waals surface area contributed by atoms with Crippen LogP contribution in [0.5, 0.6) is 0 Å². The van der Waals surface area contributed by atoms with Crippen LogP contribution in [0.25, 0.3) is 15.7 Å². The van der Waals surface area contributed by atoms with Gasteiger partial charge in [-0.05, 0) is 22.9 Å². The van der Waals surface area contributed by atoms with E-state index in [1.165, 1.54) is 22.1 Å². The molecule has 4 aromatic rings. The van der Waals surface area contributed by atoms with Crippen LogP contribution >= 0.6 is 22.9 Å². The molecule has 2 aromatic carbocycles. The summed E-state index contributed by atoms with van der Waals surface area (Å²) in [5.41, 5.74) is 4.73. The van der Waals surface area contributed by atoms with Crippen LogP contribution in [0.3, 0.4) is 0 Å². The predicted octanol–water partition coefficient (Wildman–Crippen LogP) is 4.65. The molecule has 0 aliphatic rings. The standard InChI is InChI=1S/C16H11ClN4S/c17-15-14(21-7-8-22-16(21)19-15)10-18-20-13-6-5-11-3-1-2-4-12(11)9-13/h1-10,20H. The van der Waals surface area contributed by atoms with E-state index in [1.807, 2.05) is 34.2 Å². The van der Waals surface area contributed by atoms with Gasteiger partial charge < -0.3 is 0 Å². The number of thiazole rings is 1. The van der Waals surface area contributed by atoms with Crippen molar-refractivity contribution < 1.29 is 0 Å². The maximum Gasteiger partial charge on any atom is 0.195 e. The molecule has 1 N–H and O–H groups in total. The number of aromatic nitrogens is 2. The molecule has 0 aliphatic carbocycles. The van der Waals surface area contributed by atoms with Crippen LogP contribution in [0.15, 0.2) is 59.1 Å². The second-order valence-electron chi connectivity index (χ2n) is 4.78. The van der Waals surface area contributed by atoms with Gasteiger partial charge in [0.2, 0.25) is 0 Å². The van der Waals surface area contributed by atoms with Crippen LogP contribution in [0.1, 0.15) is 5.69 Å². The molecule has 0 bridgehead atoms. The van der Waals surface area contributed by atoms with Crippen molar-refractivity contribution in [3.8, 4) is 0 Å². The Hall–Kier alpha value is -2.37. The van der Waals surface area contributed by atoms with E-state index in [9.17, 15) is 0 Å². The van der Waals surface area contributed by atoms with E-state index in [0.717, 1.165) is 16.3 Å². The van der Waals surface area contributed by atoms with Crippen LogP contribution in [-0.4, -0.2) is 15.6 Å². The van der Waals surface area contributed by atoms with Crippen LogP contribution in [0, 0.1) is 0 Å². The monoisotopic (exact) mass is 326 g/mol. The van der Waals surface area contributed by atoms with Crippen molar-refractivity contribution in [1.82, 2.24) is 9.38 Å². The number of nitrogens with zero attached hydrogens (tertiary/aromatic N) is 3. The van der Waals surface area contributed by atoms with E-state index in [4.69, 9.17) is 11.6 Å². The number of benzene rings is 2. The Morgan fingerprint density at radius 2 is 2.05 bits per heavy atom. The minimum Gasteiger partial charge on any atom is -0.288 e. The average Bonchev–Trinajstić information content (AvgIpc) is 3.09. The van der Waals surface area contributed by atoms with Gasteiger partial charge in [0.15, 0.2) is 10.1 Å². The van der Waals surface area contributed by atoms with Crippen molar-refractivity contribution in [3.05, 3.63) is 64.9 Å². The van der Waals surface area contributed by atoms with Crippen molar-refractivity contribution in [2.24, 2.45) is 5.10 Å². The van der Waals surface area contributed by atoms with Crippen molar-refractivity contribution in [2.75, 3.05) is 5.43 Å². The Balaban J connectivity index is 1.60. The molecule has 0 atom stereocenters. The smallest absolute Gasteiger partial charge is 0.195 e. The minimum absolute atomic E-state index is 0.455. The number of imidazole rings is 1. The molecule has 2 heterocycles. The Morgan fingerprint density at radius 3 is 2.95 bits per heavy atom. The molecule has 0 fully saturated rings. The first kappa shape index (κ1) is 13.3. The van der Waals surface area contributed by atoms with Gasteiger partial charge in [0.1, 0.15) is 5.69 Å². The molecule has 0 saturated heterocycles. The number of hydrazone groups is 1. The Labute approximate surface area is 135 Å². The zero-order chi connectivity index (χ0) is 14.9. The number of nitrogens with one attached hydrogen (secondary N) is 1. The molecule has 2 aromatic heterocycles. The van der Waals surface area contributed by atoms with E-state index >= 15 is 0 Å². The van der Waals surface area contributed by atoms with Crippen LogP contribution in [0.4, 0.5) is 5.69 Å². The van der Waals surface area contributed by atoms with E-state index in [-0.39, 0.29) is 0 Å². The first-order chi connectivity index (χ1) is 10.8. The summed E-state index contributed by atoms with van der Waals surface area (Å²) in [5, 5.41) is 9.06. The Bertz CT molecular complexity index is 986. The minimum atomic E-state index is 0.455. The molecule has 0 unspecified atom stereocenters. The SMILES string of the molecule is Clc1nc2sccn2c1C=NNc1ccc2ccccc2c1. The fourth-order valence-electron chi connectivity index (χ4n) is 2.32. The molecule has 0 aliphatic heterocycles. The number of hydrogen-bond donors (Lipinski definition) is 1. The van der Waals surface area contributed by atoms with Gasteiger partial charge in [0, 0.05) is 11.6 Å². The Morgan fingerprint density at radius 1 is 1.18 bits per heavy atom. The summed E-state index contributed by atoms with van der Waals surface area (Å²) in [7, 11) is 0. The summed E-state index contributed by atoms with van der Waals surface area (Å²) >= 11 is 7.66. The lowest BCUT2D eigenvalue weighted by Gasteiger charge is -2.02. The second-order valence-corrected chi connectivity index (χ2v) is 6.01. The van der Waals surface area contributed by atoms with Crippen LogP contribution in [-0.2, 0) is 0 Å². The largest absolute Gasteiger partial charge is 0.288 e. The van der Waals surface area contributed by atoms with Gasteiger partial charge in [-0.2, -0.15) is 5.10 Å². The molecular formula is C16H11ClN4S. The average molecular weight is 327 g/mol. The van der Waals surface area contributed by atoms with Crippen molar-refractivity contribution in [2.45, 2.75) is 0 Å². The highest BCUT2D eigenvalue weighted by Gasteiger charge is 2.08. The van der Waals surface area contributed by atoms with Gasteiger partial charge in [-0.25, -0.2) is 4.98 Å².